The Balaban J connectivity index is 1.18. The number of piperidine rings is 1. The summed E-state index contributed by atoms with van der Waals surface area (Å²) in [6.07, 6.45) is 4.56. The second-order valence-electron chi connectivity index (χ2n) is 7.29. The number of rotatable bonds is 7. The van der Waals surface area contributed by atoms with Gasteiger partial charge in [-0.3, -0.25) is 0 Å². The second-order valence-corrected chi connectivity index (χ2v) is 7.29. The van der Waals surface area contributed by atoms with Gasteiger partial charge in [-0.05, 0) is 67.5 Å². The Morgan fingerprint density at radius 2 is 1.93 bits per heavy atom. The Labute approximate surface area is 158 Å². The number of hydrogen-bond acceptors (Lipinski definition) is 4. The molecule has 0 bridgehead atoms. The minimum atomic E-state index is -0.329. The van der Waals surface area contributed by atoms with E-state index >= 15 is 0 Å². The topological polar surface area (TPSA) is 38.5 Å². The van der Waals surface area contributed by atoms with E-state index in [1.807, 2.05) is 0 Å². The fourth-order valence-electron chi connectivity index (χ4n) is 3.75. The molecule has 1 aromatic heterocycles. The first-order valence-electron chi connectivity index (χ1n) is 9.72. The standard InChI is InChI=1S/C22H25FN2O2/c23-19-6-7-20-21(16-19)27-24-22(20)26-15-11-18-9-13-25(14-10-18)12-8-17-4-2-1-3-5-17/h1-7,16,18H,8-15H2. The second kappa shape index (κ2) is 8.53. The minimum absolute atomic E-state index is 0.329. The third-order valence-corrected chi connectivity index (χ3v) is 5.43. The zero-order chi connectivity index (χ0) is 18.5. The van der Waals surface area contributed by atoms with Gasteiger partial charge < -0.3 is 14.2 Å². The maximum atomic E-state index is 13.2. The molecule has 0 N–H and O–H groups in total. The highest BCUT2D eigenvalue weighted by Crippen LogP contribution is 2.26. The molecule has 0 amide bonds. The molecule has 2 heterocycles. The van der Waals surface area contributed by atoms with Crippen molar-refractivity contribution >= 4 is 11.0 Å². The third-order valence-electron chi connectivity index (χ3n) is 5.43. The van der Waals surface area contributed by atoms with Gasteiger partial charge in [-0.25, -0.2) is 4.39 Å². The van der Waals surface area contributed by atoms with Gasteiger partial charge in [0.05, 0.1) is 12.0 Å². The zero-order valence-corrected chi connectivity index (χ0v) is 15.4. The van der Waals surface area contributed by atoms with Crippen LogP contribution in [0.1, 0.15) is 24.8 Å². The van der Waals surface area contributed by atoms with Crippen LogP contribution in [0, 0.1) is 11.7 Å². The van der Waals surface area contributed by atoms with Gasteiger partial charge >= 0.3 is 0 Å². The Morgan fingerprint density at radius 3 is 2.74 bits per heavy atom. The summed E-state index contributed by atoms with van der Waals surface area (Å²) in [4.78, 5) is 2.56. The summed E-state index contributed by atoms with van der Waals surface area (Å²) in [7, 11) is 0. The van der Waals surface area contributed by atoms with Crippen molar-refractivity contribution in [3.8, 4) is 5.88 Å². The molecule has 0 spiro atoms. The van der Waals surface area contributed by atoms with E-state index in [1.54, 1.807) is 6.07 Å². The molecule has 5 heteroatoms. The van der Waals surface area contributed by atoms with E-state index in [9.17, 15) is 4.39 Å². The van der Waals surface area contributed by atoms with E-state index in [4.69, 9.17) is 9.26 Å². The molecule has 1 fully saturated rings. The summed E-state index contributed by atoms with van der Waals surface area (Å²) in [6.45, 7) is 4.07. The molecular weight excluding hydrogens is 343 g/mol. The predicted molar refractivity (Wildman–Crippen MR) is 103 cm³/mol. The Hall–Kier alpha value is -2.40. The number of nitrogens with zero attached hydrogens (tertiary/aromatic N) is 2. The fraction of sp³-hybridized carbons (Fsp3) is 0.409. The summed E-state index contributed by atoms with van der Waals surface area (Å²) >= 11 is 0. The van der Waals surface area contributed by atoms with Gasteiger partial charge in [0, 0.05) is 12.6 Å². The van der Waals surface area contributed by atoms with Crippen molar-refractivity contribution in [1.82, 2.24) is 10.1 Å². The maximum absolute atomic E-state index is 13.2. The number of halogens is 1. The fourth-order valence-corrected chi connectivity index (χ4v) is 3.75. The monoisotopic (exact) mass is 368 g/mol. The van der Waals surface area contributed by atoms with Crippen molar-refractivity contribution in [2.24, 2.45) is 5.92 Å². The SMILES string of the molecule is Fc1ccc2c(OCCC3CCN(CCc4ccccc4)CC3)noc2c1. The molecule has 0 unspecified atom stereocenters. The quantitative estimate of drug-likeness (QED) is 0.606. The number of benzene rings is 2. The normalized spacial score (nSPS) is 16.0. The largest absolute Gasteiger partial charge is 0.475 e. The number of ether oxygens (including phenoxy) is 1. The van der Waals surface area contributed by atoms with Crippen molar-refractivity contribution in [1.29, 1.82) is 0 Å². The van der Waals surface area contributed by atoms with Crippen LogP contribution in [-0.2, 0) is 6.42 Å². The lowest BCUT2D eigenvalue weighted by Crippen LogP contribution is -2.35. The van der Waals surface area contributed by atoms with Gasteiger partial charge in [-0.1, -0.05) is 30.3 Å². The average molecular weight is 368 g/mol. The summed E-state index contributed by atoms with van der Waals surface area (Å²) in [6, 6.07) is 15.1. The molecule has 0 atom stereocenters. The van der Waals surface area contributed by atoms with Gasteiger partial charge in [0.2, 0.25) is 0 Å². The summed E-state index contributed by atoms with van der Waals surface area (Å²) < 4.78 is 24.1. The van der Waals surface area contributed by atoms with Gasteiger partial charge in [-0.2, -0.15) is 0 Å². The summed E-state index contributed by atoms with van der Waals surface area (Å²) in [5.74, 6) is 0.822. The lowest BCUT2D eigenvalue weighted by Gasteiger charge is -2.31. The number of aromatic nitrogens is 1. The van der Waals surface area contributed by atoms with Gasteiger partial charge in [-0.15, -0.1) is 0 Å². The summed E-state index contributed by atoms with van der Waals surface area (Å²) in [5, 5.41) is 4.64. The first-order valence-corrected chi connectivity index (χ1v) is 9.72. The molecule has 27 heavy (non-hydrogen) atoms. The van der Waals surface area contributed by atoms with Crippen molar-refractivity contribution < 1.29 is 13.7 Å². The molecule has 0 radical (unpaired) electrons. The van der Waals surface area contributed by atoms with Crippen molar-refractivity contribution in [3.05, 3.63) is 59.9 Å². The van der Waals surface area contributed by atoms with E-state index in [-0.39, 0.29) is 5.82 Å². The zero-order valence-electron chi connectivity index (χ0n) is 15.4. The summed E-state index contributed by atoms with van der Waals surface area (Å²) in [5.41, 5.74) is 1.84. The van der Waals surface area contributed by atoms with Crippen LogP contribution in [0.4, 0.5) is 4.39 Å². The first kappa shape index (κ1) is 18.0. The van der Waals surface area contributed by atoms with Gasteiger partial charge in [0.25, 0.3) is 5.88 Å². The Kier molecular flexibility index (Phi) is 5.68. The minimum Gasteiger partial charge on any atom is -0.475 e. The molecular formula is C22H25FN2O2. The Morgan fingerprint density at radius 1 is 1.11 bits per heavy atom. The lowest BCUT2D eigenvalue weighted by atomic mass is 9.93. The number of likely N-dealkylation sites (tertiary alicyclic amines) is 1. The molecule has 142 valence electrons. The maximum Gasteiger partial charge on any atom is 0.262 e. The van der Waals surface area contributed by atoms with Crippen LogP contribution in [0.15, 0.2) is 53.1 Å². The van der Waals surface area contributed by atoms with Crippen LogP contribution in [0.25, 0.3) is 11.0 Å². The average Bonchev–Trinajstić information content (AvgIpc) is 3.10. The first-order chi connectivity index (χ1) is 13.3. The molecule has 1 aliphatic rings. The van der Waals surface area contributed by atoms with Crippen LogP contribution >= 0.6 is 0 Å². The van der Waals surface area contributed by atoms with Gasteiger partial charge in [0.1, 0.15) is 5.82 Å². The van der Waals surface area contributed by atoms with E-state index < -0.39 is 0 Å². The highest BCUT2D eigenvalue weighted by molar-refractivity contribution is 5.81. The van der Waals surface area contributed by atoms with Crippen LogP contribution < -0.4 is 4.74 Å². The lowest BCUT2D eigenvalue weighted by molar-refractivity contribution is 0.162. The molecule has 1 aliphatic heterocycles. The van der Waals surface area contributed by atoms with Crippen LogP contribution in [0.5, 0.6) is 5.88 Å². The molecule has 2 aromatic carbocycles. The number of hydrogen-bond donors (Lipinski definition) is 0. The predicted octanol–water partition coefficient (Wildman–Crippen LogP) is 4.69. The van der Waals surface area contributed by atoms with Gasteiger partial charge in [0.15, 0.2) is 5.58 Å². The van der Waals surface area contributed by atoms with E-state index in [0.717, 1.165) is 37.9 Å². The van der Waals surface area contributed by atoms with Crippen LogP contribution in [0.2, 0.25) is 0 Å². The van der Waals surface area contributed by atoms with Crippen molar-refractivity contribution in [2.45, 2.75) is 25.7 Å². The molecule has 4 nitrogen and oxygen atoms in total. The smallest absolute Gasteiger partial charge is 0.262 e. The highest BCUT2D eigenvalue weighted by atomic mass is 19.1. The molecule has 0 aliphatic carbocycles. The van der Waals surface area contributed by atoms with Crippen molar-refractivity contribution in [2.75, 3.05) is 26.2 Å². The van der Waals surface area contributed by atoms with E-state index in [2.05, 4.69) is 40.4 Å². The molecule has 0 saturated carbocycles. The van der Waals surface area contributed by atoms with Crippen LogP contribution in [-0.4, -0.2) is 36.3 Å². The van der Waals surface area contributed by atoms with E-state index in [1.165, 1.54) is 30.5 Å². The molecule has 4 rings (SSSR count). The van der Waals surface area contributed by atoms with Crippen molar-refractivity contribution in [3.63, 3.8) is 0 Å². The van der Waals surface area contributed by atoms with Crippen LogP contribution in [0.3, 0.4) is 0 Å². The molecule has 3 aromatic rings. The van der Waals surface area contributed by atoms with E-state index in [0.29, 0.717) is 24.0 Å². The molecule has 1 saturated heterocycles. The Bertz CT molecular complexity index is 857. The highest BCUT2D eigenvalue weighted by Gasteiger charge is 2.19. The third kappa shape index (κ3) is 4.66. The number of fused-ring (bicyclic) bond motifs is 1.